The molecule has 34 heavy (non-hydrogen) atoms. The van der Waals surface area contributed by atoms with Crippen molar-refractivity contribution in [3.63, 3.8) is 0 Å². The number of benzene rings is 2. The van der Waals surface area contributed by atoms with Crippen molar-refractivity contribution in [3.8, 4) is 0 Å². The Bertz CT molecular complexity index is 1160. The summed E-state index contributed by atoms with van der Waals surface area (Å²) in [4.78, 5) is 0. The van der Waals surface area contributed by atoms with Crippen molar-refractivity contribution >= 4 is 16.6 Å². The average molecular weight is 674 g/mol. The summed E-state index contributed by atoms with van der Waals surface area (Å²) in [6.45, 7) is 19.4. The van der Waals surface area contributed by atoms with E-state index >= 15 is 0 Å². The zero-order valence-electron chi connectivity index (χ0n) is 21.7. The number of aryl methyl sites for hydroxylation is 2. The van der Waals surface area contributed by atoms with E-state index in [0.29, 0.717) is 11.8 Å². The van der Waals surface area contributed by atoms with Crippen molar-refractivity contribution in [2.75, 3.05) is 0 Å². The topological polar surface area (TPSA) is 0 Å². The minimum Gasteiger partial charge on any atom is -1.00 e. The molecule has 0 aliphatic heterocycles. The van der Waals surface area contributed by atoms with Crippen LogP contribution in [-0.2, 0) is 20.1 Å². The van der Waals surface area contributed by atoms with Gasteiger partial charge in [0.15, 0.2) is 0 Å². The first kappa shape index (κ1) is 29.3. The van der Waals surface area contributed by atoms with E-state index in [-0.39, 0.29) is 30.3 Å². The SMILES string of the molecule is CC1=[C]([Hf+2]([C]2=C(C)C(c3cccc(C)c3)=CC2C)=[Si](C)C)C(C)C=C1c1cccc(C)c1.[Cl-].[Cl-]. The van der Waals surface area contributed by atoms with Gasteiger partial charge in [-0.2, -0.15) is 0 Å². The number of hydrogen-bond acceptors (Lipinski definition) is 0. The minimum atomic E-state index is -2.20. The Balaban J connectivity index is 0.00000204. The fraction of sp³-hybridized carbons (Fsp3) is 0.333. The van der Waals surface area contributed by atoms with Crippen LogP contribution in [0.4, 0.5) is 0 Å². The maximum atomic E-state index is 2.60. The molecule has 0 N–H and O–H groups in total. The van der Waals surface area contributed by atoms with Crippen molar-refractivity contribution in [2.45, 2.75) is 54.6 Å². The summed E-state index contributed by atoms with van der Waals surface area (Å²) in [7, 11) is 0. The third-order valence-electron chi connectivity index (χ3n) is 7.06. The van der Waals surface area contributed by atoms with Gasteiger partial charge in [0.1, 0.15) is 0 Å². The molecule has 2 atom stereocenters. The fourth-order valence-electron chi connectivity index (χ4n) is 5.65. The van der Waals surface area contributed by atoms with E-state index in [0.717, 1.165) is 0 Å². The normalized spacial score (nSPS) is 19.1. The predicted octanol–water partition coefficient (Wildman–Crippen LogP) is 2.50. The fourth-order valence-corrected chi connectivity index (χ4v) is 33.7. The standard InChI is InChI=1S/2C14H15.C2H6Si.2ClH.Hf/c2*1-10-5-4-6-13(8-10)14-9-11(2)7-12(14)3;1-3-2;;;/h2*4-6,8-9,11H,1-3H3;1-2H3;2*1H;/q;;;;;+2/p-2. The summed E-state index contributed by atoms with van der Waals surface area (Å²) in [5, 5.41) is 0. The van der Waals surface area contributed by atoms with Crippen molar-refractivity contribution < 1.29 is 44.9 Å². The molecule has 0 amide bonds. The summed E-state index contributed by atoms with van der Waals surface area (Å²) < 4.78 is 3.76. The smallest absolute Gasteiger partial charge is 1.00 e. The molecule has 0 radical (unpaired) electrons. The third kappa shape index (κ3) is 5.56. The van der Waals surface area contributed by atoms with Gasteiger partial charge in [0.05, 0.1) is 0 Å². The van der Waals surface area contributed by atoms with Gasteiger partial charge in [-0.15, -0.1) is 0 Å². The van der Waals surface area contributed by atoms with Gasteiger partial charge in [-0.25, -0.2) is 0 Å². The van der Waals surface area contributed by atoms with Gasteiger partial charge < -0.3 is 24.8 Å². The molecule has 0 saturated carbocycles. The largest absolute Gasteiger partial charge is 1.00 e. The van der Waals surface area contributed by atoms with Crippen LogP contribution in [0.15, 0.2) is 78.5 Å². The van der Waals surface area contributed by atoms with Gasteiger partial charge in [-0.05, 0) is 0 Å². The molecule has 0 heterocycles. The number of hydrogen-bond donors (Lipinski definition) is 0. The van der Waals surface area contributed by atoms with Crippen LogP contribution in [0.3, 0.4) is 0 Å². The van der Waals surface area contributed by atoms with Crippen LogP contribution in [-0.4, -0.2) is 5.49 Å². The Morgan fingerprint density at radius 3 is 1.35 bits per heavy atom. The third-order valence-corrected chi connectivity index (χ3v) is 33.1. The molecule has 2 aromatic carbocycles. The molecule has 2 aromatic rings. The first-order valence-electron chi connectivity index (χ1n) is 11.9. The van der Waals surface area contributed by atoms with Crippen LogP contribution in [0.25, 0.3) is 11.1 Å². The molecule has 0 nitrogen and oxygen atoms in total. The number of halogens is 2. The first-order chi connectivity index (χ1) is 15.2. The second-order valence-electron chi connectivity index (χ2n) is 9.93. The van der Waals surface area contributed by atoms with E-state index in [2.05, 4.69) is 115 Å². The van der Waals surface area contributed by atoms with Crippen LogP contribution >= 0.6 is 0 Å². The van der Waals surface area contributed by atoms with Crippen molar-refractivity contribution in [1.82, 2.24) is 0 Å². The van der Waals surface area contributed by atoms with Crippen molar-refractivity contribution in [2.24, 2.45) is 11.8 Å². The van der Waals surface area contributed by atoms with Crippen molar-refractivity contribution in [1.29, 1.82) is 0 Å². The summed E-state index contributed by atoms with van der Waals surface area (Å²) in [6, 6.07) is 18.1. The Kier molecular flexibility index (Phi) is 10.2. The average Bonchev–Trinajstić information content (AvgIpc) is 3.19. The zero-order chi connectivity index (χ0) is 23.2. The van der Waals surface area contributed by atoms with Gasteiger partial charge in [0.2, 0.25) is 0 Å². The second kappa shape index (κ2) is 11.9. The monoisotopic (exact) mass is 674 g/mol. The minimum absolute atomic E-state index is 0. The first-order valence-corrected chi connectivity index (χ1v) is 23.4. The van der Waals surface area contributed by atoms with E-state index in [1.54, 1.807) is 11.1 Å². The maximum Gasteiger partial charge on any atom is -1.00 e. The molecule has 0 spiro atoms. The van der Waals surface area contributed by atoms with E-state index in [4.69, 9.17) is 0 Å². The maximum absolute atomic E-state index is 2.60. The number of allylic oxidation sites excluding steroid dienone is 8. The molecule has 4 rings (SSSR count). The van der Waals surface area contributed by atoms with Crippen LogP contribution in [0.2, 0.25) is 13.1 Å². The molecule has 178 valence electrons. The van der Waals surface area contributed by atoms with Gasteiger partial charge in [0.25, 0.3) is 0 Å². The van der Waals surface area contributed by atoms with Crippen LogP contribution in [0.5, 0.6) is 0 Å². The van der Waals surface area contributed by atoms with Crippen LogP contribution < -0.4 is 24.8 Å². The van der Waals surface area contributed by atoms with E-state index in [9.17, 15) is 0 Å². The van der Waals surface area contributed by atoms with Crippen LogP contribution in [0.1, 0.15) is 49.9 Å². The molecule has 0 fully saturated rings. The molecule has 4 heteroatoms. The van der Waals surface area contributed by atoms with E-state index in [1.807, 2.05) is 6.66 Å². The Morgan fingerprint density at radius 2 is 1.03 bits per heavy atom. The molecule has 2 aliphatic rings. The molecular weight excluding hydrogens is 638 g/mol. The summed E-state index contributed by atoms with van der Waals surface area (Å²) in [5.74, 6) is 1.17. The van der Waals surface area contributed by atoms with Gasteiger partial charge in [-0.1, -0.05) is 0 Å². The Morgan fingerprint density at radius 1 is 0.647 bits per heavy atom. The predicted molar refractivity (Wildman–Crippen MR) is 140 cm³/mol. The van der Waals surface area contributed by atoms with Gasteiger partial charge in [0, 0.05) is 0 Å². The molecule has 2 unspecified atom stereocenters. The molecule has 0 aromatic heterocycles. The number of rotatable bonds is 4. The van der Waals surface area contributed by atoms with E-state index < -0.39 is 20.1 Å². The quantitative estimate of drug-likeness (QED) is 0.438. The van der Waals surface area contributed by atoms with E-state index in [1.165, 1.54) is 33.4 Å². The summed E-state index contributed by atoms with van der Waals surface area (Å²) in [5.41, 5.74) is 11.3. The second-order valence-corrected chi connectivity index (χ2v) is 33.4. The van der Waals surface area contributed by atoms with Crippen molar-refractivity contribution in [3.05, 3.63) is 101 Å². The summed E-state index contributed by atoms with van der Waals surface area (Å²) in [6.07, 6.45) is 5.14. The molecule has 0 saturated heterocycles. The molecular formula is C30H36Cl2HfSi. The van der Waals surface area contributed by atoms with Crippen LogP contribution in [0, 0.1) is 25.7 Å². The Hall–Kier alpha value is -0.933. The summed E-state index contributed by atoms with van der Waals surface area (Å²) >= 11 is -2.20. The molecule has 2 aliphatic carbocycles. The molecule has 0 bridgehead atoms. The van der Waals surface area contributed by atoms with Gasteiger partial charge >= 0.3 is 204 Å². The Labute approximate surface area is 227 Å². The van der Waals surface area contributed by atoms with Gasteiger partial charge in [-0.3, -0.25) is 0 Å². The zero-order valence-corrected chi connectivity index (χ0v) is 27.8.